The molecule has 1 aromatic carbocycles. The molecule has 6 heteroatoms. The molecular formula is C12H18ClN3O2. The van der Waals surface area contributed by atoms with Crippen LogP contribution in [-0.4, -0.2) is 39.4 Å². The van der Waals surface area contributed by atoms with E-state index in [2.05, 4.69) is 16.0 Å². The summed E-state index contributed by atoms with van der Waals surface area (Å²) in [4.78, 5) is 11.5. The molecular weight excluding hydrogens is 254 g/mol. The van der Waals surface area contributed by atoms with Crippen molar-refractivity contribution in [1.29, 1.82) is 0 Å². The second kappa shape index (κ2) is 8.74. The second-order valence-corrected chi connectivity index (χ2v) is 4.01. The van der Waals surface area contributed by atoms with E-state index in [1.807, 2.05) is 12.1 Å². The highest BCUT2D eigenvalue weighted by molar-refractivity contribution is 6.33. The van der Waals surface area contributed by atoms with E-state index in [0.29, 0.717) is 30.4 Å². The third-order valence-corrected chi connectivity index (χ3v) is 2.52. The van der Waals surface area contributed by atoms with Crippen LogP contribution in [0, 0.1) is 0 Å². The van der Waals surface area contributed by atoms with E-state index in [4.69, 9.17) is 16.3 Å². The number of para-hydroxylation sites is 1. The van der Waals surface area contributed by atoms with Crippen LogP contribution >= 0.6 is 11.6 Å². The number of ether oxygens (including phenoxy) is 1. The lowest BCUT2D eigenvalue weighted by Crippen LogP contribution is -2.35. The number of amides is 2. The highest BCUT2D eigenvalue weighted by Crippen LogP contribution is 2.19. The van der Waals surface area contributed by atoms with Crippen molar-refractivity contribution >= 4 is 23.3 Å². The highest BCUT2D eigenvalue weighted by Gasteiger charge is 2.03. The number of hydrogen-bond acceptors (Lipinski definition) is 3. The van der Waals surface area contributed by atoms with E-state index in [1.165, 1.54) is 0 Å². The van der Waals surface area contributed by atoms with E-state index in [-0.39, 0.29) is 6.03 Å². The molecule has 18 heavy (non-hydrogen) atoms. The molecule has 0 radical (unpaired) electrons. The summed E-state index contributed by atoms with van der Waals surface area (Å²) in [7, 11) is 1.65. The van der Waals surface area contributed by atoms with Gasteiger partial charge in [0.25, 0.3) is 0 Å². The van der Waals surface area contributed by atoms with Gasteiger partial charge in [0.2, 0.25) is 0 Å². The Balaban J connectivity index is 2.16. The number of nitrogens with one attached hydrogen (secondary N) is 3. The Kier molecular flexibility index (Phi) is 7.17. The van der Waals surface area contributed by atoms with Crippen molar-refractivity contribution in [3.8, 4) is 0 Å². The van der Waals surface area contributed by atoms with E-state index >= 15 is 0 Å². The van der Waals surface area contributed by atoms with Gasteiger partial charge in [-0.25, -0.2) is 4.79 Å². The second-order valence-electron chi connectivity index (χ2n) is 3.60. The summed E-state index contributed by atoms with van der Waals surface area (Å²) >= 11 is 5.92. The summed E-state index contributed by atoms with van der Waals surface area (Å²) in [5, 5.41) is 9.04. The first-order valence-electron chi connectivity index (χ1n) is 5.73. The fraction of sp³-hybridized carbons (Fsp3) is 0.417. The van der Waals surface area contributed by atoms with Crippen LogP contribution in [0.3, 0.4) is 0 Å². The molecule has 0 aromatic heterocycles. The minimum absolute atomic E-state index is 0.267. The molecule has 3 N–H and O–H groups in total. The number of carbonyl (C=O) groups excluding carboxylic acids is 1. The Bertz CT molecular complexity index is 374. The Labute approximate surface area is 112 Å². The van der Waals surface area contributed by atoms with Gasteiger partial charge in [-0.1, -0.05) is 23.7 Å². The predicted octanol–water partition coefficient (Wildman–Crippen LogP) is 1.70. The Hall–Kier alpha value is -1.30. The van der Waals surface area contributed by atoms with Crippen LogP contribution in [0.15, 0.2) is 24.3 Å². The first kappa shape index (κ1) is 14.8. The van der Waals surface area contributed by atoms with Crippen molar-refractivity contribution in [3.63, 3.8) is 0 Å². The van der Waals surface area contributed by atoms with Crippen molar-refractivity contribution in [2.45, 2.75) is 0 Å². The molecule has 0 saturated heterocycles. The summed E-state index contributed by atoms with van der Waals surface area (Å²) in [6.07, 6.45) is 0. The molecule has 0 heterocycles. The summed E-state index contributed by atoms with van der Waals surface area (Å²) < 4.78 is 4.88. The van der Waals surface area contributed by atoms with Crippen LogP contribution in [0.2, 0.25) is 5.02 Å². The Morgan fingerprint density at radius 3 is 2.78 bits per heavy atom. The maximum Gasteiger partial charge on any atom is 0.319 e. The molecule has 0 fully saturated rings. The largest absolute Gasteiger partial charge is 0.383 e. The maximum absolute atomic E-state index is 11.5. The monoisotopic (exact) mass is 271 g/mol. The molecule has 1 aromatic rings. The average molecular weight is 272 g/mol. The van der Waals surface area contributed by atoms with Gasteiger partial charge in [0.1, 0.15) is 0 Å². The van der Waals surface area contributed by atoms with Gasteiger partial charge < -0.3 is 20.7 Å². The Morgan fingerprint density at radius 2 is 2.06 bits per heavy atom. The smallest absolute Gasteiger partial charge is 0.319 e. The number of benzene rings is 1. The molecule has 5 nitrogen and oxygen atoms in total. The first-order valence-corrected chi connectivity index (χ1v) is 6.11. The topological polar surface area (TPSA) is 62.4 Å². The van der Waals surface area contributed by atoms with Gasteiger partial charge >= 0.3 is 6.03 Å². The zero-order chi connectivity index (χ0) is 13.2. The normalized spacial score (nSPS) is 10.1. The first-order chi connectivity index (χ1) is 8.74. The highest BCUT2D eigenvalue weighted by atomic mass is 35.5. The molecule has 0 unspecified atom stereocenters. The molecule has 0 atom stereocenters. The number of carbonyl (C=O) groups is 1. The number of rotatable bonds is 7. The van der Waals surface area contributed by atoms with Crippen LogP contribution in [0.25, 0.3) is 0 Å². The fourth-order valence-electron chi connectivity index (χ4n) is 1.29. The van der Waals surface area contributed by atoms with Gasteiger partial charge in [-0.3, -0.25) is 0 Å². The molecule has 0 saturated carbocycles. The third-order valence-electron chi connectivity index (χ3n) is 2.19. The number of anilines is 1. The van der Waals surface area contributed by atoms with Gasteiger partial charge in [0.15, 0.2) is 0 Å². The van der Waals surface area contributed by atoms with Crippen molar-refractivity contribution in [1.82, 2.24) is 10.6 Å². The minimum atomic E-state index is -0.267. The molecule has 1 rings (SSSR count). The van der Waals surface area contributed by atoms with Crippen molar-refractivity contribution in [2.75, 3.05) is 38.7 Å². The Morgan fingerprint density at radius 1 is 1.28 bits per heavy atom. The number of hydrogen-bond donors (Lipinski definition) is 3. The quantitative estimate of drug-likeness (QED) is 0.662. The zero-order valence-corrected chi connectivity index (χ0v) is 11.1. The molecule has 0 aliphatic heterocycles. The number of methoxy groups -OCH3 is 1. The zero-order valence-electron chi connectivity index (χ0n) is 10.3. The van der Waals surface area contributed by atoms with Crippen LogP contribution in [0.1, 0.15) is 0 Å². The molecule has 2 amide bonds. The van der Waals surface area contributed by atoms with E-state index in [0.717, 1.165) is 6.54 Å². The molecule has 0 aliphatic rings. The SMILES string of the molecule is COCCNCCNC(=O)Nc1ccccc1Cl. The van der Waals surface area contributed by atoms with Gasteiger partial charge in [0, 0.05) is 26.7 Å². The molecule has 100 valence electrons. The number of halogens is 1. The lowest BCUT2D eigenvalue weighted by atomic mass is 10.3. The third kappa shape index (κ3) is 5.86. The lowest BCUT2D eigenvalue weighted by Gasteiger charge is -2.09. The summed E-state index contributed by atoms with van der Waals surface area (Å²) in [6.45, 7) is 2.66. The van der Waals surface area contributed by atoms with Crippen LogP contribution in [0.4, 0.5) is 10.5 Å². The predicted molar refractivity (Wildman–Crippen MR) is 73.2 cm³/mol. The van der Waals surface area contributed by atoms with Crippen LogP contribution < -0.4 is 16.0 Å². The van der Waals surface area contributed by atoms with E-state index in [1.54, 1.807) is 19.2 Å². The van der Waals surface area contributed by atoms with E-state index < -0.39 is 0 Å². The van der Waals surface area contributed by atoms with Crippen molar-refractivity contribution < 1.29 is 9.53 Å². The minimum Gasteiger partial charge on any atom is -0.383 e. The van der Waals surface area contributed by atoms with E-state index in [9.17, 15) is 4.79 Å². The van der Waals surface area contributed by atoms with Crippen molar-refractivity contribution in [2.24, 2.45) is 0 Å². The van der Waals surface area contributed by atoms with Gasteiger partial charge in [0.05, 0.1) is 17.3 Å². The number of urea groups is 1. The standard InChI is InChI=1S/C12H18ClN3O2/c1-18-9-8-14-6-7-15-12(17)16-11-5-3-2-4-10(11)13/h2-5,14H,6-9H2,1H3,(H2,15,16,17). The summed E-state index contributed by atoms with van der Waals surface area (Å²) in [6, 6.07) is 6.83. The fourth-order valence-corrected chi connectivity index (χ4v) is 1.48. The molecule has 0 aliphatic carbocycles. The van der Waals surface area contributed by atoms with Crippen LogP contribution in [-0.2, 0) is 4.74 Å². The summed E-state index contributed by atoms with van der Waals surface area (Å²) in [5.74, 6) is 0. The van der Waals surface area contributed by atoms with Crippen LogP contribution in [0.5, 0.6) is 0 Å². The van der Waals surface area contributed by atoms with Gasteiger partial charge in [-0.05, 0) is 12.1 Å². The van der Waals surface area contributed by atoms with Gasteiger partial charge in [-0.2, -0.15) is 0 Å². The van der Waals surface area contributed by atoms with Gasteiger partial charge in [-0.15, -0.1) is 0 Å². The van der Waals surface area contributed by atoms with Crippen molar-refractivity contribution in [3.05, 3.63) is 29.3 Å². The maximum atomic E-state index is 11.5. The average Bonchev–Trinajstić information content (AvgIpc) is 2.36. The summed E-state index contributed by atoms with van der Waals surface area (Å²) in [5.41, 5.74) is 0.601. The molecule has 0 spiro atoms. The lowest BCUT2D eigenvalue weighted by molar-refractivity contribution is 0.199. The molecule has 0 bridgehead atoms.